The van der Waals surface area contributed by atoms with E-state index >= 15 is 0 Å². The van der Waals surface area contributed by atoms with Gasteiger partial charge in [0.05, 0.1) is 23.1 Å². The Balaban J connectivity index is 2.22. The van der Waals surface area contributed by atoms with Gasteiger partial charge in [0, 0.05) is 11.0 Å². The molecule has 0 amide bonds. The van der Waals surface area contributed by atoms with Crippen molar-refractivity contribution in [1.29, 1.82) is 0 Å². The smallest absolute Gasteiger partial charge is 0.151 e. The lowest BCUT2D eigenvalue weighted by molar-refractivity contribution is 1.12. The van der Waals surface area contributed by atoms with Crippen molar-refractivity contribution in [2.75, 3.05) is 17.2 Å². The Kier molecular flexibility index (Phi) is 4.38. The third-order valence-corrected chi connectivity index (χ3v) is 3.01. The number of rotatable bonds is 4. The molecule has 0 aliphatic heterocycles. The average molecular weight is 328 g/mol. The molecular formula is C12H12BrClN4. The zero-order valence-electron chi connectivity index (χ0n) is 9.74. The molecule has 2 N–H and O–H groups in total. The highest BCUT2D eigenvalue weighted by molar-refractivity contribution is 9.10. The first kappa shape index (κ1) is 13.1. The van der Waals surface area contributed by atoms with Crippen LogP contribution in [-0.4, -0.2) is 16.5 Å². The van der Waals surface area contributed by atoms with Crippen LogP contribution in [0.5, 0.6) is 0 Å². The summed E-state index contributed by atoms with van der Waals surface area (Å²) in [4.78, 5) is 8.48. The molecule has 2 aromatic rings. The number of hydrogen-bond donors (Lipinski definition) is 2. The second-order valence-corrected chi connectivity index (χ2v) is 4.89. The number of hydrogen-bond acceptors (Lipinski definition) is 4. The Hall–Kier alpha value is -1.33. The van der Waals surface area contributed by atoms with Gasteiger partial charge < -0.3 is 10.6 Å². The Labute approximate surface area is 119 Å². The quantitative estimate of drug-likeness (QED) is 0.889. The van der Waals surface area contributed by atoms with Crippen LogP contribution in [0.4, 0.5) is 17.3 Å². The average Bonchev–Trinajstić information content (AvgIpc) is 2.35. The summed E-state index contributed by atoms with van der Waals surface area (Å²) in [7, 11) is 0. The van der Waals surface area contributed by atoms with Gasteiger partial charge in [0.15, 0.2) is 5.82 Å². The van der Waals surface area contributed by atoms with E-state index in [1.54, 1.807) is 12.4 Å². The molecule has 0 saturated carbocycles. The highest BCUT2D eigenvalue weighted by Gasteiger charge is 2.03. The SMILES string of the molecule is CCNc1cncc(Nc2cc(Br)ccc2Cl)n1. The van der Waals surface area contributed by atoms with Gasteiger partial charge >= 0.3 is 0 Å². The van der Waals surface area contributed by atoms with Crippen molar-refractivity contribution < 1.29 is 0 Å². The number of benzene rings is 1. The van der Waals surface area contributed by atoms with Crippen molar-refractivity contribution >= 4 is 44.9 Å². The van der Waals surface area contributed by atoms with Crippen LogP contribution in [0.25, 0.3) is 0 Å². The zero-order chi connectivity index (χ0) is 13.0. The summed E-state index contributed by atoms with van der Waals surface area (Å²) in [6.45, 7) is 2.81. The van der Waals surface area contributed by atoms with Gasteiger partial charge in [-0.2, -0.15) is 0 Å². The molecule has 1 aromatic carbocycles. The lowest BCUT2D eigenvalue weighted by Gasteiger charge is -2.09. The molecule has 18 heavy (non-hydrogen) atoms. The fourth-order valence-corrected chi connectivity index (χ4v) is 1.95. The predicted octanol–water partition coefficient (Wildman–Crippen LogP) is 4.07. The van der Waals surface area contributed by atoms with Gasteiger partial charge in [-0.05, 0) is 25.1 Å². The lowest BCUT2D eigenvalue weighted by atomic mass is 10.3. The van der Waals surface area contributed by atoms with E-state index in [1.165, 1.54) is 0 Å². The third-order valence-electron chi connectivity index (χ3n) is 2.18. The highest BCUT2D eigenvalue weighted by Crippen LogP contribution is 2.28. The van der Waals surface area contributed by atoms with E-state index in [9.17, 15) is 0 Å². The molecule has 1 aromatic heterocycles. The van der Waals surface area contributed by atoms with Crippen molar-refractivity contribution in [2.45, 2.75) is 6.92 Å². The normalized spacial score (nSPS) is 10.2. The minimum absolute atomic E-state index is 0.633. The Morgan fingerprint density at radius 1 is 1.28 bits per heavy atom. The maximum atomic E-state index is 6.10. The summed E-state index contributed by atoms with van der Waals surface area (Å²) in [5.74, 6) is 1.38. The minimum atomic E-state index is 0.633. The number of nitrogens with one attached hydrogen (secondary N) is 2. The van der Waals surface area contributed by atoms with Crippen LogP contribution in [0, 0.1) is 0 Å². The maximum Gasteiger partial charge on any atom is 0.151 e. The van der Waals surface area contributed by atoms with E-state index < -0.39 is 0 Å². The van der Waals surface area contributed by atoms with E-state index in [0.29, 0.717) is 10.8 Å². The second-order valence-electron chi connectivity index (χ2n) is 3.57. The van der Waals surface area contributed by atoms with Gasteiger partial charge in [-0.15, -0.1) is 0 Å². The minimum Gasteiger partial charge on any atom is -0.369 e. The molecule has 1 heterocycles. The topological polar surface area (TPSA) is 49.8 Å². The number of halogens is 2. The van der Waals surface area contributed by atoms with Crippen molar-refractivity contribution in [1.82, 2.24) is 9.97 Å². The van der Waals surface area contributed by atoms with Gasteiger partial charge in [0.2, 0.25) is 0 Å². The van der Waals surface area contributed by atoms with Crippen molar-refractivity contribution in [3.8, 4) is 0 Å². The molecule has 0 aliphatic carbocycles. The molecule has 0 bridgehead atoms. The number of nitrogens with zero attached hydrogens (tertiary/aromatic N) is 2. The van der Waals surface area contributed by atoms with Crippen LogP contribution in [0.15, 0.2) is 35.1 Å². The molecule has 94 valence electrons. The second kappa shape index (κ2) is 6.02. The van der Waals surface area contributed by atoms with E-state index in [1.807, 2.05) is 25.1 Å². The van der Waals surface area contributed by atoms with Crippen LogP contribution >= 0.6 is 27.5 Å². The summed E-state index contributed by atoms with van der Waals surface area (Å²) in [6.07, 6.45) is 3.33. The first-order valence-corrected chi connectivity index (χ1v) is 6.64. The Morgan fingerprint density at radius 3 is 2.83 bits per heavy atom. The molecule has 0 spiro atoms. The first-order chi connectivity index (χ1) is 8.69. The summed E-state index contributed by atoms with van der Waals surface area (Å²) in [6, 6.07) is 5.59. The summed E-state index contributed by atoms with van der Waals surface area (Å²) >= 11 is 9.50. The molecular weight excluding hydrogens is 316 g/mol. The summed E-state index contributed by atoms with van der Waals surface area (Å²) < 4.78 is 0.949. The number of anilines is 3. The Morgan fingerprint density at radius 2 is 2.06 bits per heavy atom. The van der Waals surface area contributed by atoms with Crippen LogP contribution in [0.1, 0.15) is 6.92 Å². The molecule has 2 rings (SSSR count). The molecule has 0 fully saturated rings. The van der Waals surface area contributed by atoms with E-state index in [4.69, 9.17) is 11.6 Å². The molecule has 0 radical (unpaired) electrons. The van der Waals surface area contributed by atoms with Crippen LogP contribution in [-0.2, 0) is 0 Å². The third kappa shape index (κ3) is 3.34. The molecule has 4 nitrogen and oxygen atoms in total. The van der Waals surface area contributed by atoms with E-state index in [-0.39, 0.29) is 0 Å². The molecule has 0 atom stereocenters. The van der Waals surface area contributed by atoms with Crippen molar-refractivity contribution in [3.63, 3.8) is 0 Å². The van der Waals surface area contributed by atoms with Crippen LogP contribution < -0.4 is 10.6 Å². The largest absolute Gasteiger partial charge is 0.369 e. The zero-order valence-corrected chi connectivity index (χ0v) is 12.1. The Bertz CT molecular complexity index is 547. The fourth-order valence-electron chi connectivity index (χ4n) is 1.42. The fraction of sp³-hybridized carbons (Fsp3) is 0.167. The summed E-state index contributed by atoms with van der Waals surface area (Å²) in [5.41, 5.74) is 0.786. The molecule has 0 saturated heterocycles. The summed E-state index contributed by atoms with van der Waals surface area (Å²) in [5, 5.41) is 6.87. The lowest BCUT2D eigenvalue weighted by Crippen LogP contribution is -2.02. The molecule has 6 heteroatoms. The van der Waals surface area contributed by atoms with Gasteiger partial charge in [0.1, 0.15) is 5.82 Å². The van der Waals surface area contributed by atoms with E-state index in [2.05, 4.69) is 36.5 Å². The van der Waals surface area contributed by atoms with E-state index in [0.717, 1.165) is 22.5 Å². The van der Waals surface area contributed by atoms with Gasteiger partial charge in [-0.1, -0.05) is 27.5 Å². The van der Waals surface area contributed by atoms with Crippen LogP contribution in [0.3, 0.4) is 0 Å². The molecule has 0 aliphatic rings. The van der Waals surface area contributed by atoms with Crippen molar-refractivity contribution in [3.05, 3.63) is 40.1 Å². The van der Waals surface area contributed by atoms with Crippen molar-refractivity contribution in [2.24, 2.45) is 0 Å². The highest BCUT2D eigenvalue weighted by atomic mass is 79.9. The van der Waals surface area contributed by atoms with Gasteiger partial charge in [-0.25, -0.2) is 4.98 Å². The standard InChI is InChI=1S/C12H12BrClN4/c1-2-16-11-6-15-7-12(18-11)17-10-5-8(13)3-4-9(10)14/h3-7H,2H2,1H3,(H2,16,17,18). The maximum absolute atomic E-state index is 6.10. The predicted molar refractivity (Wildman–Crippen MR) is 78.6 cm³/mol. The van der Waals surface area contributed by atoms with Gasteiger partial charge in [-0.3, -0.25) is 4.98 Å². The monoisotopic (exact) mass is 326 g/mol. The van der Waals surface area contributed by atoms with Crippen LogP contribution in [0.2, 0.25) is 5.02 Å². The van der Waals surface area contributed by atoms with Gasteiger partial charge in [0.25, 0.3) is 0 Å². The molecule has 0 unspecified atom stereocenters. The number of aromatic nitrogens is 2. The first-order valence-electron chi connectivity index (χ1n) is 5.47.